The monoisotopic (exact) mass is 343 g/mol. The van der Waals surface area contributed by atoms with Crippen molar-refractivity contribution < 1.29 is 19.1 Å². The molecule has 1 heterocycles. The Balaban J connectivity index is 2.44. The summed E-state index contributed by atoms with van der Waals surface area (Å²) >= 11 is 0. The van der Waals surface area contributed by atoms with Crippen LogP contribution in [-0.2, 0) is 9.53 Å². The SMILES string of the molecule is COC(=O)Nc1nc(NC(C)=O)c(N=Nc2ccccc2)cc1OC. The Morgan fingerprint density at radius 1 is 1.04 bits per heavy atom. The predicted molar refractivity (Wildman–Crippen MR) is 91.7 cm³/mol. The molecule has 0 spiro atoms. The third-order valence-electron chi connectivity index (χ3n) is 2.92. The van der Waals surface area contributed by atoms with E-state index in [1.807, 2.05) is 18.2 Å². The van der Waals surface area contributed by atoms with Crippen molar-refractivity contribution in [2.24, 2.45) is 10.2 Å². The smallest absolute Gasteiger partial charge is 0.412 e. The maximum atomic E-state index is 11.4. The fourth-order valence-corrected chi connectivity index (χ4v) is 1.82. The van der Waals surface area contributed by atoms with E-state index < -0.39 is 6.09 Å². The lowest BCUT2D eigenvalue weighted by molar-refractivity contribution is -0.114. The maximum Gasteiger partial charge on any atom is 0.412 e. The molecule has 1 aromatic carbocycles. The third kappa shape index (κ3) is 4.99. The molecule has 9 nitrogen and oxygen atoms in total. The summed E-state index contributed by atoms with van der Waals surface area (Å²) < 4.78 is 9.73. The molecule has 0 radical (unpaired) electrons. The van der Waals surface area contributed by atoms with Crippen molar-refractivity contribution in [1.82, 2.24) is 4.98 Å². The normalized spacial score (nSPS) is 10.4. The van der Waals surface area contributed by atoms with E-state index in [1.54, 1.807) is 12.1 Å². The van der Waals surface area contributed by atoms with E-state index in [0.717, 1.165) is 0 Å². The molecule has 1 aromatic heterocycles. The van der Waals surface area contributed by atoms with Gasteiger partial charge in [0.2, 0.25) is 5.91 Å². The number of aromatic nitrogens is 1. The molecule has 2 amide bonds. The first-order valence-electron chi connectivity index (χ1n) is 7.22. The van der Waals surface area contributed by atoms with Gasteiger partial charge in [-0.2, -0.15) is 5.11 Å². The van der Waals surface area contributed by atoms with Crippen molar-refractivity contribution in [1.29, 1.82) is 0 Å². The minimum Gasteiger partial charge on any atom is -0.493 e. The lowest BCUT2D eigenvalue weighted by atomic mass is 10.3. The highest BCUT2D eigenvalue weighted by molar-refractivity contribution is 5.92. The number of benzene rings is 1. The largest absolute Gasteiger partial charge is 0.493 e. The zero-order valence-electron chi connectivity index (χ0n) is 13.9. The van der Waals surface area contributed by atoms with Crippen molar-refractivity contribution in [2.45, 2.75) is 6.92 Å². The van der Waals surface area contributed by atoms with Gasteiger partial charge in [-0.05, 0) is 12.1 Å². The number of hydrogen-bond acceptors (Lipinski definition) is 7. The van der Waals surface area contributed by atoms with E-state index in [-0.39, 0.29) is 29.0 Å². The van der Waals surface area contributed by atoms with E-state index in [9.17, 15) is 9.59 Å². The summed E-state index contributed by atoms with van der Waals surface area (Å²) in [6, 6.07) is 10.6. The highest BCUT2D eigenvalue weighted by Gasteiger charge is 2.16. The summed E-state index contributed by atoms with van der Waals surface area (Å²) in [6.45, 7) is 1.33. The molecule has 9 heteroatoms. The molecular weight excluding hydrogens is 326 g/mol. The van der Waals surface area contributed by atoms with E-state index >= 15 is 0 Å². The molecule has 2 rings (SSSR count). The Kier molecular flexibility index (Phi) is 5.99. The van der Waals surface area contributed by atoms with Gasteiger partial charge in [-0.1, -0.05) is 18.2 Å². The Morgan fingerprint density at radius 2 is 1.76 bits per heavy atom. The van der Waals surface area contributed by atoms with Crippen LogP contribution in [0.15, 0.2) is 46.6 Å². The van der Waals surface area contributed by atoms with Crippen LogP contribution in [-0.4, -0.2) is 31.2 Å². The van der Waals surface area contributed by atoms with Gasteiger partial charge in [0.15, 0.2) is 17.4 Å². The average molecular weight is 343 g/mol. The zero-order valence-corrected chi connectivity index (χ0v) is 13.9. The minimum absolute atomic E-state index is 0.0803. The number of rotatable bonds is 5. The molecule has 2 aromatic rings. The summed E-state index contributed by atoms with van der Waals surface area (Å²) in [7, 11) is 2.63. The van der Waals surface area contributed by atoms with Gasteiger partial charge in [-0.3, -0.25) is 10.1 Å². The van der Waals surface area contributed by atoms with Gasteiger partial charge in [0.05, 0.1) is 19.9 Å². The van der Waals surface area contributed by atoms with Crippen molar-refractivity contribution in [3.8, 4) is 5.75 Å². The van der Waals surface area contributed by atoms with Crippen LogP contribution in [0.4, 0.5) is 27.8 Å². The summed E-state index contributed by atoms with van der Waals surface area (Å²) in [5.74, 6) is 0.0931. The molecule has 25 heavy (non-hydrogen) atoms. The zero-order chi connectivity index (χ0) is 18.2. The number of azo groups is 1. The Labute approximate surface area is 144 Å². The van der Waals surface area contributed by atoms with Crippen molar-refractivity contribution in [3.05, 3.63) is 36.4 Å². The topological polar surface area (TPSA) is 114 Å². The van der Waals surface area contributed by atoms with Gasteiger partial charge in [-0.25, -0.2) is 9.78 Å². The van der Waals surface area contributed by atoms with Crippen LogP contribution < -0.4 is 15.4 Å². The number of nitrogens with zero attached hydrogens (tertiary/aromatic N) is 3. The number of anilines is 2. The molecule has 0 aliphatic heterocycles. The van der Waals surface area contributed by atoms with E-state index in [4.69, 9.17) is 4.74 Å². The van der Waals surface area contributed by atoms with Gasteiger partial charge in [0.1, 0.15) is 5.69 Å². The maximum absolute atomic E-state index is 11.4. The molecule has 0 bridgehead atoms. The van der Waals surface area contributed by atoms with Crippen molar-refractivity contribution >= 4 is 35.0 Å². The van der Waals surface area contributed by atoms with Crippen LogP contribution in [0.1, 0.15) is 6.92 Å². The second-order valence-electron chi connectivity index (χ2n) is 4.74. The van der Waals surface area contributed by atoms with Crippen LogP contribution in [0.5, 0.6) is 5.75 Å². The summed E-state index contributed by atoms with van der Waals surface area (Å²) in [5, 5.41) is 13.1. The number of carbonyl (C=O) groups excluding carboxylic acids is 2. The predicted octanol–water partition coefficient (Wildman–Crippen LogP) is 3.64. The third-order valence-corrected chi connectivity index (χ3v) is 2.92. The van der Waals surface area contributed by atoms with Gasteiger partial charge in [0.25, 0.3) is 0 Å². The Morgan fingerprint density at radius 3 is 2.36 bits per heavy atom. The van der Waals surface area contributed by atoms with Crippen LogP contribution in [0, 0.1) is 0 Å². The van der Waals surface area contributed by atoms with E-state index in [0.29, 0.717) is 5.69 Å². The highest BCUT2D eigenvalue weighted by Crippen LogP contribution is 2.34. The standard InChI is InChI=1S/C16H17N5O4/c1-10(22)17-14-12(21-20-11-7-5-4-6-8-11)9-13(24-2)15(18-14)19-16(23)25-3/h4-9H,1-3H3,(H2,17,18,19,22,23). The molecule has 130 valence electrons. The summed E-state index contributed by atoms with van der Waals surface area (Å²) in [5.41, 5.74) is 0.901. The van der Waals surface area contributed by atoms with Crippen LogP contribution in [0.2, 0.25) is 0 Å². The molecule has 0 fully saturated rings. The number of methoxy groups -OCH3 is 2. The van der Waals surface area contributed by atoms with Crippen LogP contribution in [0.3, 0.4) is 0 Å². The molecule has 0 aliphatic carbocycles. The first kappa shape index (κ1) is 17.9. The van der Waals surface area contributed by atoms with Crippen LogP contribution >= 0.6 is 0 Å². The Bertz CT molecular complexity index is 793. The molecular formula is C16H17N5O4. The number of amides is 2. The number of hydrogen-bond donors (Lipinski definition) is 2. The average Bonchev–Trinajstić information content (AvgIpc) is 2.61. The van der Waals surface area contributed by atoms with Gasteiger partial charge >= 0.3 is 6.09 Å². The van der Waals surface area contributed by atoms with Gasteiger partial charge < -0.3 is 14.8 Å². The quantitative estimate of drug-likeness (QED) is 0.804. The summed E-state index contributed by atoms with van der Waals surface area (Å²) in [6.07, 6.45) is -0.724. The second-order valence-corrected chi connectivity index (χ2v) is 4.74. The first-order valence-corrected chi connectivity index (χ1v) is 7.22. The minimum atomic E-state index is -0.724. The van der Waals surface area contributed by atoms with Crippen molar-refractivity contribution in [3.63, 3.8) is 0 Å². The van der Waals surface area contributed by atoms with E-state index in [1.165, 1.54) is 27.2 Å². The van der Waals surface area contributed by atoms with Crippen molar-refractivity contribution in [2.75, 3.05) is 24.9 Å². The molecule has 0 unspecified atom stereocenters. The molecule has 0 atom stereocenters. The molecule has 0 saturated carbocycles. The number of ether oxygens (including phenoxy) is 2. The van der Waals surface area contributed by atoms with Gasteiger partial charge in [-0.15, -0.1) is 5.11 Å². The number of carbonyl (C=O) groups is 2. The fourth-order valence-electron chi connectivity index (χ4n) is 1.82. The molecule has 2 N–H and O–H groups in total. The first-order chi connectivity index (χ1) is 12.0. The van der Waals surface area contributed by atoms with Crippen LogP contribution in [0.25, 0.3) is 0 Å². The molecule has 0 saturated heterocycles. The fraction of sp³-hybridized carbons (Fsp3) is 0.188. The summed E-state index contributed by atoms with van der Waals surface area (Å²) in [4.78, 5) is 27.0. The number of nitrogens with one attached hydrogen (secondary N) is 2. The second kappa shape index (κ2) is 8.39. The van der Waals surface area contributed by atoms with Gasteiger partial charge in [0, 0.05) is 13.0 Å². The lowest BCUT2D eigenvalue weighted by Gasteiger charge is -2.12. The highest BCUT2D eigenvalue weighted by atomic mass is 16.5. The number of pyridine rings is 1. The molecule has 0 aliphatic rings. The Hall–Kier alpha value is -3.49. The van der Waals surface area contributed by atoms with E-state index in [2.05, 4.69) is 30.6 Å². The lowest BCUT2D eigenvalue weighted by Crippen LogP contribution is -2.15.